The van der Waals surface area contributed by atoms with Crippen LogP contribution in [0, 0.1) is 0 Å². The Balaban J connectivity index is 2.23. The van der Waals surface area contributed by atoms with Gasteiger partial charge in [-0.3, -0.25) is 4.79 Å². The fourth-order valence-corrected chi connectivity index (χ4v) is 3.22. The van der Waals surface area contributed by atoms with Crippen molar-refractivity contribution in [2.45, 2.75) is 23.8 Å². The number of rotatable bonds is 6. The third-order valence-electron chi connectivity index (χ3n) is 2.98. The number of benzene rings is 1. The SMILES string of the molecule is O=C(O)C(CCO)NS(=O)(=O)c1ccc2c(c1)CCO2. The van der Waals surface area contributed by atoms with Crippen molar-refractivity contribution in [1.82, 2.24) is 4.72 Å². The lowest BCUT2D eigenvalue weighted by atomic mass is 10.2. The highest BCUT2D eigenvalue weighted by Crippen LogP contribution is 2.27. The summed E-state index contributed by atoms with van der Waals surface area (Å²) in [5.41, 5.74) is 0.780. The summed E-state index contributed by atoms with van der Waals surface area (Å²) >= 11 is 0. The molecule has 0 amide bonds. The monoisotopic (exact) mass is 301 g/mol. The van der Waals surface area contributed by atoms with Gasteiger partial charge in [0.15, 0.2) is 0 Å². The van der Waals surface area contributed by atoms with E-state index in [1.165, 1.54) is 12.1 Å². The zero-order valence-electron chi connectivity index (χ0n) is 10.6. The third-order valence-corrected chi connectivity index (χ3v) is 4.45. The number of carboxylic acid groups (broad SMARTS) is 1. The van der Waals surface area contributed by atoms with E-state index in [1.807, 2.05) is 0 Å². The van der Waals surface area contributed by atoms with Gasteiger partial charge in [-0.15, -0.1) is 0 Å². The van der Waals surface area contributed by atoms with Crippen LogP contribution in [-0.2, 0) is 21.2 Å². The molecular weight excluding hydrogens is 286 g/mol. The van der Waals surface area contributed by atoms with Crippen molar-refractivity contribution < 1.29 is 28.2 Å². The van der Waals surface area contributed by atoms with Gasteiger partial charge in [-0.25, -0.2) is 8.42 Å². The van der Waals surface area contributed by atoms with Crippen LogP contribution in [-0.4, -0.2) is 43.9 Å². The molecule has 0 saturated carbocycles. The first-order valence-electron chi connectivity index (χ1n) is 6.06. The minimum Gasteiger partial charge on any atom is -0.493 e. The molecule has 0 aromatic heterocycles. The van der Waals surface area contributed by atoms with Gasteiger partial charge in [0.2, 0.25) is 10.0 Å². The van der Waals surface area contributed by atoms with Gasteiger partial charge in [0, 0.05) is 13.0 Å². The largest absolute Gasteiger partial charge is 0.493 e. The number of ether oxygens (including phenoxy) is 1. The van der Waals surface area contributed by atoms with Crippen LogP contribution in [0.25, 0.3) is 0 Å². The predicted molar refractivity (Wildman–Crippen MR) is 69.1 cm³/mol. The van der Waals surface area contributed by atoms with Gasteiger partial charge in [0.1, 0.15) is 11.8 Å². The summed E-state index contributed by atoms with van der Waals surface area (Å²) in [5, 5.41) is 17.7. The zero-order valence-corrected chi connectivity index (χ0v) is 11.4. The first-order valence-corrected chi connectivity index (χ1v) is 7.54. The van der Waals surface area contributed by atoms with E-state index in [9.17, 15) is 13.2 Å². The van der Waals surface area contributed by atoms with E-state index in [1.54, 1.807) is 6.07 Å². The quantitative estimate of drug-likeness (QED) is 0.667. The summed E-state index contributed by atoms with van der Waals surface area (Å²) < 4.78 is 31.6. The van der Waals surface area contributed by atoms with Crippen molar-refractivity contribution in [3.8, 4) is 5.75 Å². The summed E-state index contributed by atoms with van der Waals surface area (Å²) in [4.78, 5) is 10.9. The van der Waals surface area contributed by atoms with Gasteiger partial charge in [-0.05, 0) is 30.2 Å². The van der Waals surface area contributed by atoms with E-state index in [4.69, 9.17) is 14.9 Å². The van der Waals surface area contributed by atoms with E-state index < -0.39 is 28.6 Å². The summed E-state index contributed by atoms with van der Waals surface area (Å²) in [5.74, 6) is -0.679. The van der Waals surface area contributed by atoms with Crippen LogP contribution in [0.3, 0.4) is 0 Å². The van der Waals surface area contributed by atoms with Crippen molar-refractivity contribution in [1.29, 1.82) is 0 Å². The minimum atomic E-state index is -3.95. The maximum atomic E-state index is 12.1. The summed E-state index contributed by atoms with van der Waals surface area (Å²) in [7, 11) is -3.95. The Hall–Kier alpha value is -1.64. The van der Waals surface area contributed by atoms with Crippen LogP contribution in [0.5, 0.6) is 5.75 Å². The second-order valence-corrected chi connectivity index (χ2v) is 6.11. The summed E-state index contributed by atoms with van der Waals surface area (Å²) in [6, 6.07) is 3.04. The molecule has 0 spiro atoms. The van der Waals surface area contributed by atoms with Crippen molar-refractivity contribution in [3.63, 3.8) is 0 Å². The van der Waals surface area contributed by atoms with Crippen LogP contribution in [0.2, 0.25) is 0 Å². The average molecular weight is 301 g/mol. The highest BCUT2D eigenvalue weighted by Gasteiger charge is 2.26. The molecule has 7 nitrogen and oxygen atoms in total. The lowest BCUT2D eigenvalue weighted by molar-refractivity contribution is -0.139. The molecule has 3 N–H and O–H groups in total. The fourth-order valence-electron chi connectivity index (χ4n) is 1.95. The number of carboxylic acids is 1. The number of carbonyl (C=O) groups is 1. The highest BCUT2D eigenvalue weighted by atomic mass is 32.2. The Morgan fingerprint density at radius 1 is 1.45 bits per heavy atom. The third kappa shape index (κ3) is 3.09. The van der Waals surface area contributed by atoms with Crippen molar-refractivity contribution in [2.24, 2.45) is 0 Å². The maximum absolute atomic E-state index is 12.1. The molecule has 20 heavy (non-hydrogen) atoms. The lowest BCUT2D eigenvalue weighted by Crippen LogP contribution is -2.41. The van der Waals surface area contributed by atoms with Gasteiger partial charge in [-0.2, -0.15) is 4.72 Å². The molecule has 1 heterocycles. The molecule has 0 saturated heterocycles. The smallest absolute Gasteiger partial charge is 0.321 e. The van der Waals surface area contributed by atoms with Crippen molar-refractivity contribution in [3.05, 3.63) is 23.8 Å². The maximum Gasteiger partial charge on any atom is 0.321 e. The molecule has 0 radical (unpaired) electrons. The van der Waals surface area contributed by atoms with Crippen LogP contribution in [0.1, 0.15) is 12.0 Å². The number of aliphatic hydroxyl groups excluding tert-OH is 1. The molecule has 1 aliphatic heterocycles. The number of sulfonamides is 1. The molecule has 1 aliphatic rings. The summed E-state index contributed by atoms with van der Waals surface area (Å²) in [6.45, 7) is 0.0893. The molecule has 1 aromatic carbocycles. The van der Waals surface area contributed by atoms with Crippen molar-refractivity contribution >= 4 is 16.0 Å². The summed E-state index contributed by atoms with van der Waals surface area (Å²) in [6.07, 6.45) is 0.431. The fraction of sp³-hybridized carbons (Fsp3) is 0.417. The Kier molecular flexibility index (Phi) is 4.26. The van der Waals surface area contributed by atoms with Crippen LogP contribution in [0.4, 0.5) is 0 Å². The molecule has 2 rings (SSSR count). The molecule has 1 atom stereocenters. The number of aliphatic carboxylic acids is 1. The Morgan fingerprint density at radius 2 is 2.20 bits per heavy atom. The van der Waals surface area contributed by atoms with Gasteiger partial charge in [-0.1, -0.05) is 0 Å². The van der Waals surface area contributed by atoms with Gasteiger partial charge < -0.3 is 14.9 Å². The number of fused-ring (bicyclic) bond motifs is 1. The molecule has 1 aromatic rings. The van der Waals surface area contributed by atoms with E-state index in [0.29, 0.717) is 18.8 Å². The van der Waals surface area contributed by atoms with E-state index >= 15 is 0 Å². The van der Waals surface area contributed by atoms with Crippen LogP contribution >= 0.6 is 0 Å². The first-order chi connectivity index (χ1) is 9.44. The highest BCUT2D eigenvalue weighted by molar-refractivity contribution is 7.89. The van der Waals surface area contributed by atoms with E-state index in [0.717, 1.165) is 5.56 Å². The normalized spacial score (nSPS) is 15.4. The number of aliphatic hydroxyl groups is 1. The number of nitrogens with one attached hydrogen (secondary N) is 1. The molecule has 0 bridgehead atoms. The van der Waals surface area contributed by atoms with Crippen LogP contribution in [0.15, 0.2) is 23.1 Å². The Labute approximate surface area is 116 Å². The molecule has 110 valence electrons. The lowest BCUT2D eigenvalue weighted by Gasteiger charge is -2.14. The van der Waals surface area contributed by atoms with E-state index in [2.05, 4.69) is 4.72 Å². The van der Waals surface area contributed by atoms with Gasteiger partial charge >= 0.3 is 5.97 Å². The van der Waals surface area contributed by atoms with E-state index in [-0.39, 0.29) is 11.3 Å². The van der Waals surface area contributed by atoms with Crippen LogP contribution < -0.4 is 9.46 Å². The Bertz CT molecular complexity index is 612. The molecule has 8 heteroatoms. The Morgan fingerprint density at radius 3 is 2.85 bits per heavy atom. The standard InChI is InChI=1S/C12H15NO6S/c14-5-3-10(12(15)16)13-20(17,18)9-1-2-11-8(7-9)4-6-19-11/h1-2,7,10,13-14H,3-6H2,(H,15,16). The number of hydrogen-bond acceptors (Lipinski definition) is 5. The van der Waals surface area contributed by atoms with Gasteiger partial charge in [0.05, 0.1) is 11.5 Å². The topological polar surface area (TPSA) is 113 Å². The molecule has 0 fully saturated rings. The second-order valence-electron chi connectivity index (χ2n) is 4.39. The average Bonchev–Trinajstić information content (AvgIpc) is 2.85. The molecular formula is C12H15NO6S. The van der Waals surface area contributed by atoms with Gasteiger partial charge in [0.25, 0.3) is 0 Å². The number of hydrogen-bond donors (Lipinski definition) is 3. The minimum absolute atomic E-state index is 0.00839. The predicted octanol–water partition coefficient (Wildman–Crippen LogP) is -0.265. The molecule has 0 aliphatic carbocycles. The second kappa shape index (κ2) is 5.78. The molecule has 1 unspecified atom stereocenters. The zero-order chi connectivity index (χ0) is 14.8. The van der Waals surface area contributed by atoms with Crippen molar-refractivity contribution in [2.75, 3.05) is 13.2 Å². The first kappa shape index (κ1) is 14.8.